The maximum Gasteiger partial charge on any atom is 0.269 e. The van der Waals surface area contributed by atoms with E-state index in [2.05, 4.69) is 10.2 Å². The smallest absolute Gasteiger partial charge is 0.269 e. The number of ether oxygens (including phenoxy) is 1. The molecule has 2 aliphatic rings. The Morgan fingerprint density at radius 2 is 2.00 bits per heavy atom. The summed E-state index contributed by atoms with van der Waals surface area (Å²) < 4.78 is 5.50. The van der Waals surface area contributed by atoms with E-state index >= 15 is 0 Å². The maximum atomic E-state index is 11.1. The molecule has 0 saturated carbocycles. The van der Waals surface area contributed by atoms with Crippen LogP contribution < -0.4 is 5.32 Å². The molecule has 2 aliphatic heterocycles. The number of nitrogens with one attached hydrogen (secondary N) is 1. The molecular weight excluding hydrogens is 282 g/mol. The van der Waals surface area contributed by atoms with Crippen molar-refractivity contribution in [3.63, 3.8) is 0 Å². The van der Waals surface area contributed by atoms with E-state index in [1.807, 2.05) is 12.1 Å². The Kier molecular flexibility index (Phi) is 5.02. The summed E-state index contributed by atoms with van der Waals surface area (Å²) in [5.41, 5.74) is 1.26. The lowest BCUT2D eigenvalue weighted by atomic mass is 9.85. The zero-order valence-electron chi connectivity index (χ0n) is 12.7. The molecule has 22 heavy (non-hydrogen) atoms. The van der Waals surface area contributed by atoms with Crippen LogP contribution in [0.2, 0.25) is 0 Å². The minimum absolute atomic E-state index is 0.185. The second kappa shape index (κ2) is 7.17. The van der Waals surface area contributed by atoms with Crippen molar-refractivity contribution in [3.05, 3.63) is 39.9 Å². The van der Waals surface area contributed by atoms with Crippen LogP contribution in [0.1, 0.15) is 24.4 Å². The average Bonchev–Trinajstić information content (AvgIpc) is 2.57. The number of rotatable bonds is 4. The van der Waals surface area contributed by atoms with Gasteiger partial charge >= 0.3 is 0 Å². The van der Waals surface area contributed by atoms with Crippen molar-refractivity contribution < 1.29 is 9.66 Å². The van der Waals surface area contributed by atoms with Crippen LogP contribution in [0.4, 0.5) is 5.69 Å². The Morgan fingerprint density at radius 3 is 2.68 bits per heavy atom. The van der Waals surface area contributed by atoms with Crippen molar-refractivity contribution in [2.75, 3.05) is 39.4 Å². The third-order valence-electron chi connectivity index (χ3n) is 4.68. The van der Waals surface area contributed by atoms with Crippen LogP contribution in [-0.4, -0.2) is 49.2 Å². The van der Waals surface area contributed by atoms with Crippen molar-refractivity contribution in [1.82, 2.24) is 10.2 Å². The van der Waals surface area contributed by atoms with Crippen molar-refractivity contribution in [2.24, 2.45) is 5.92 Å². The number of hydrogen-bond donors (Lipinski definition) is 1. The maximum absolute atomic E-state index is 11.1. The molecule has 6 nitrogen and oxygen atoms in total. The summed E-state index contributed by atoms with van der Waals surface area (Å²) in [6.45, 7) is 5.53. The van der Waals surface area contributed by atoms with Gasteiger partial charge in [0.05, 0.1) is 4.92 Å². The van der Waals surface area contributed by atoms with Gasteiger partial charge in [0.1, 0.15) is 0 Å². The lowest BCUT2D eigenvalue weighted by Gasteiger charge is -2.41. The zero-order chi connectivity index (χ0) is 15.4. The molecule has 0 radical (unpaired) electrons. The number of nitro groups is 1. The van der Waals surface area contributed by atoms with E-state index in [4.69, 9.17) is 4.74 Å². The van der Waals surface area contributed by atoms with Gasteiger partial charge in [0.25, 0.3) is 5.69 Å². The molecule has 0 spiro atoms. The van der Waals surface area contributed by atoms with Gasteiger partial charge in [-0.3, -0.25) is 15.0 Å². The van der Waals surface area contributed by atoms with Crippen molar-refractivity contribution in [1.29, 1.82) is 0 Å². The Labute approximate surface area is 130 Å². The normalized spacial score (nSPS) is 22.4. The molecular formula is C16H23N3O3. The number of benzene rings is 1. The Hall–Kier alpha value is -1.50. The van der Waals surface area contributed by atoms with Gasteiger partial charge in [-0.05, 0) is 24.3 Å². The summed E-state index contributed by atoms with van der Waals surface area (Å²) in [7, 11) is 0. The standard InChI is InChI=1S/C16H23N3O3/c20-19(21)15-3-1-2-14(12-15)16(13-4-10-22-11-5-13)18-8-6-17-7-9-18/h1-3,12-13,16-17H,4-11H2/t16-/m0/s1. The summed E-state index contributed by atoms with van der Waals surface area (Å²) in [4.78, 5) is 13.3. The van der Waals surface area contributed by atoms with E-state index in [0.29, 0.717) is 5.92 Å². The molecule has 3 rings (SSSR count). The van der Waals surface area contributed by atoms with Gasteiger partial charge in [-0.2, -0.15) is 0 Å². The molecule has 1 N–H and O–H groups in total. The second-order valence-electron chi connectivity index (χ2n) is 6.03. The highest BCUT2D eigenvalue weighted by Crippen LogP contribution is 2.36. The first-order valence-electron chi connectivity index (χ1n) is 8.02. The minimum atomic E-state index is -0.303. The first-order chi connectivity index (χ1) is 10.8. The Morgan fingerprint density at radius 1 is 1.27 bits per heavy atom. The molecule has 120 valence electrons. The quantitative estimate of drug-likeness (QED) is 0.680. The number of nitrogens with zero attached hydrogens (tertiary/aromatic N) is 2. The van der Waals surface area contributed by atoms with Crippen LogP contribution in [-0.2, 0) is 4.74 Å². The molecule has 1 aromatic rings. The van der Waals surface area contributed by atoms with Crippen LogP contribution >= 0.6 is 0 Å². The Bertz CT molecular complexity index is 493. The highest BCUT2D eigenvalue weighted by molar-refractivity contribution is 5.36. The van der Waals surface area contributed by atoms with Gasteiger partial charge in [-0.25, -0.2) is 0 Å². The van der Waals surface area contributed by atoms with Crippen LogP contribution in [0.25, 0.3) is 0 Å². The fourth-order valence-corrected chi connectivity index (χ4v) is 3.60. The number of nitro benzene ring substituents is 1. The van der Waals surface area contributed by atoms with E-state index in [9.17, 15) is 10.1 Å². The van der Waals surface area contributed by atoms with Crippen molar-refractivity contribution in [3.8, 4) is 0 Å². The fraction of sp³-hybridized carbons (Fsp3) is 0.625. The summed E-state index contributed by atoms with van der Waals surface area (Å²) in [5, 5.41) is 14.5. The monoisotopic (exact) mass is 305 g/mol. The molecule has 0 bridgehead atoms. The SMILES string of the molecule is O=[N+]([O-])c1cccc([C@H](C2CCOCC2)N2CCNCC2)c1. The van der Waals surface area contributed by atoms with Crippen LogP contribution in [0, 0.1) is 16.0 Å². The molecule has 1 atom stereocenters. The number of piperazine rings is 1. The van der Waals surface area contributed by atoms with E-state index < -0.39 is 0 Å². The molecule has 0 unspecified atom stereocenters. The van der Waals surface area contributed by atoms with Crippen LogP contribution in [0.3, 0.4) is 0 Å². The highest BCUT2D eigenvalue weighted by Gasteiger charge is 2.31. The summed E-state index contributed by atoms with van der Waals surface area (Å²) in [6, 6.07) is 7.42. The Balaban J connectivity index is 1.89. The molecule has 1 aromatic carbocycles. The molecule has 6 heteroatoms. The van der Waals surface area contributed by atoms with Gasteiger partial charge in [-0.15, -0.1) is 0 Å². The van der Waals surface area contributed by atoms with Crippen molar-refractivity contribution >= 4 is 5.69 Å². The first kappa shape index (κ1) is 15.4. The van der Waals surface area contributed by atoms with Gasteiger partial charge in [0, 0.05) is 57.6 Å². The van der Waals surface area contributed by atoms with E-state index in [1.54, 1.807) is 12.1 Å². The van der Waals surface area contributed by atoms with E-state index in [0.717, 1.165) is 57.8 Å². The van der Waals surface area contributed by atoms with Gasteiger partial charge in [0.15, 0.2) is 0 Å². The number of non-ortho nitro benzene ring substituents is 1. The molecule has 0 amide bonds. The highest BCUT2D eigenvalue weighted by atomic mass is 16.6. The molecule has 0 aliphatic carbocycles. The fourth-order valence-electron chi connectivity index (χ4n) is 3.60. The second-order valence-corrected chi connectivity index (χ2v) is 6.03. The van der Waals surface area contributed by atoms with Gasteiger partial charge in [-0.1, -0.05) is 12.1 Å². The lowest BCUT2D eigenvalue weighted by Crippen LogP contribution is -2.47. The largest absolute Gasteiger partial charge is 0.381 e. The third-order valence-corrected chi connectivity index (χ3v) is 4.68. The lowest BCUT2D eigenvalue weighted by molar-refractivity contribution is -0.385. The van der Waals surface area contributed by atoms with E-state index in [1.165, 1.54) is 0 Å². The van der Waals surface area contributed by atoms with Crippen LogP contribution in [0.15, 0.2) is 24.3 Å². The first-order valence-corrected chi connectivity index (χ1v) is 8.02. The summed E-state index contributed by atoms with van der Waals surface area (Å²) in [5.74, 6) is 0.508. The van der Waals surface area contributed by atoms with Crippen molar-refractivity contribution in [2.45, 2.75) is 18.9 Å². The van der Waals surface area contributed by atoms with Crippen LogP contribution in [0.5, 0.6) is 0 Å². The summed E-state index contributed by atoms with van der Waals surface area (Å²) in [6.07, 6.45) is 2.05. The van der Waals surface area contributed by atoms with Gasteiger partial charge in [0.2, 0.25) is 0 Å². The number of hydrogen-bond acceptors (Lipinski definition) is 5. The molecule has 2 heterocycles. The zero-order valence-corrected chi connectivity index (χ0v) is 12.7. The molecule has 2 saturated heterocycles. The van der Waals surface area contributed by atoms with Gasteiger partial charge < -0.3 is 10.1 Å². The predicted molar refractivity (Wildman–Crippen MR) is 83.8 cm³/mol. The predicted octanol–water partition coefficient (Wildman–Crippen LogP) is 1.97. The van der Waals surface area contributed by atoms with E-state index in [-0.39, 0.29) is 16.7 Å². The minimum Gasteiger partial charge on any atom is -0.381 e. The topological polar surface area (TPSA) is 67.6 Å². The summed E-state index contributed by atoms with van der Waals surface area (Å²) >= 11 is 0. The molecule has 0 aromatic heterocycles. The molecule has 2 fully saturated rings. The third kappa shape index (κ3) is 3.45. The average molecular weight is 305 g/mol.